The SMILES string of the molecule is CC(=CC(=O)C12CC3CC(CC(C3)C1)C2)C(N)=O. The standard InChI is InChI=1S/C15H21NO2/c1-9(14(16)18)2-13(17)15-6-10-3-11(7-15)5-12(4-10)8-15/h2,10-12H,3-8H2,1H3,(H2,16,18). The van der Waals surface area contributed by atoms with Gasteiger partial charge in [-0.15, -0.1) is 0 Å². The van der Waals surface area contributed by atoms with Crippen LogP contribution >= 0.6 is 0 Å². The predicted molar refractivity (Wildman–Crippen MR) is 68.6 cm³/mol. The highest BCUT2D eigenvalue weighted by molar-refractivity contribution is 6.03. The van der Waals surface area contributed by atoms with E-state index >= 15 is 0 Å². The Balaban J connectivity index is 1.85. The number of carbonyl (C=O) groups is 2. The molecule has 0 aromatic heterocycles. The molecule has 4 rings (SSSR count). The zero-order chi connectivity index (χ0) is 12.9. The second-order valence-corrected chi connectivity index (χ2v) is 6.75. The molecule has 4 bridgehead atoms. The molecular weight excluding hydrogens is 226 g/mol. The molecule has 0 heterocycles. The van der Waals surface area contributed by atoms with Crippen LogP contribution < -0.4 is 5.73 Å². The van der Waals surface area contributed by atoms with Gasteiger partial charge in [0, 0.05) is 11.0 Å². The van der Waals surface area contributed by atoms with Gasteiger partial charge in [0.05, 0.1) is 0 Å². The van der Waals surface area contributed by atoms with E-state index in [2.05, 4.69) is 0 Å². The first-order valence-corrected chi connectivity index (χ1v) is 7.01. The van der Waals surface area contributed by atoms with Gasteiger partial charge in [-0.2, -0.15) is 0 Å². The number of nitrogens with two attached hydrogens (primary N) is 1. The summed E-state index contributed by atoms with van der Waals surface area (Å²) >= 11 is 0. The minimum absolute atomic E-state index is 0.147. The highest BCUT2D eigenvalue weighted by Gasteiger charge is 2.53. The molecule has 1 amide bonds. The van der Waals surface area contributed by atoms with E-state index in [1.165, 1.54) is 25.3 Å². The molecule has 2 N–H and O–H groups in total. The fourth-order valence-electron chi connectivity index (χ4n) is 4.83. The maximum absolute atomic E-state index is 12.5. The van der Waals surface area contributed by atoms with Crippen molar-refractivity contribution in [1.82, 2.24) is 0 Å². The van der Waals surface area contributed by atoms with Crippen LogP contribution in [0, 0.1) is 23.2 Å². The van der Waals surface area contributed by atoms with E-state index in [-0.39, 0.29) is 11.2 Å². The summed E-state index contributed by atoms with van der Waals surface area (Å²) in [7, 11) is 0. The molecule has 0 aliphatic heterocycles. The van der Waals surface area contributed by atoms with Crippen LogP contribution in [0.15, 0.2) is 11.6 Å². The zero-order valence-corrected chi connectivity index (χ0v) is 10.9. The summed E-state index contributed by atoms with van der Waals surface area (Å²) in [5.74, 6) is 1.94. The monoisotopic (exact) mass is 247 g/mol. The van der Waals surface area contributed by atoms with Crippen molar-refractivity contribution in [1.29, 1.82) is 0 Å². The molecule has 3 nitrogen and oxygen atoms in total. The van der Waals surface area contributed by atoms with Crippen LogP contribution in [-0.2, 0) is 9.59 Å². The Morgan fingerprint density at radius 3 is 1.89 bits per heavy atom. The summed E-state index contributed by atoms with van der Waals surface area (Å²) in [4.78, 5) is 23.6. The molecule has 4 aliphatic carbocycles. The van der Waals surface area contributed by atoms with Gasteiger partial charge in [0.25, 0.3) is 0 Å². The van der Waals surface area contributed by atoms with E-state index in [1.807, 2.05) is 0 Å². The number of hydrogen-bond acceptors (Lipinski definition) is 2. The smallest absolute Gasteiger partial charge is 0.244 e. The van der Waals surface area contributed by atoms with Crippen molar-refractivity contribution in [3.63, 3.8) is 0 Å². The molecule has 0 unspecified atom stereocenters. The van der Waals surface area contributed by atoms with Crippen LogP contribution in [0.5, 0.6) is 0 Å². The Hall–Kier alpha value is -1.12. The largest absolute Gasteiger partial charge is 0.366 e. The molecule has 4 fully saturated rings. The minimum atomic E-state index is -0.479. The van der Waals surface area contributed by atoms with Gasteiger partial charge in [-0.05, 0) is 69.3 Å². The molecule has 0 saturated heterocycles. The third-order valence-electron chi connectivity index (χ3n) is 5.30. The van der Waals surface area contributed by atoms with E-state index in [4.69, 9.17) is 5.73 Å². The molecule has 0 aromatic rings. The first-order valence-electron chi connectivity index (χ1n) is 7.01. The second kappa shape index (κ2) is 3.94. The maximum atomic E-state index is 12.5. The Labute approximate surface area is 108 Å². The Bertz CT molecular complexity index is 400. The van der Waals surface area contributed by atoms with Crippen LogP contribution in [0.1, 0.15) is 45.4 Å². The summed E-state index contributed by atoms with van der Waals surface area (Å²) in [6.45, 7) is 1.64. The van der Waals surface area contributed by atoms with Gasteiger partial charge in [-0.25, -0.2) is 0 Å². The number of hydrogen-bond donors (Lipinski definition) is 1. The Morgan fingerprint density at radius 1 is 1.06 bits per heavy atom. The van der Waals surface area contributed by atoms with Gasteiger partial charge in [0.15, 0.2) is 5.78 Å². The van der Waals surface area contributed by atoms with Crippen LogP contribution in [0.4, 0.5) is 0 Å². The van der Waals surface area contributed by atoms with Gasteiger partial charge < -0.3 is 5.73 Å². The number of ketones is 1. The quantitative estimate of drug-likeness (QED) is 0.777. The van der Waals surface area contributed by atoms with Crippen molar-refractivity contribution in [2.75, 3.05) is 0 Å². The third kappa shape index (κ3) is 1.80. The Morgan fingerprint density at radius 2 is 1.50 bits per heavy atom. The fourth-order valence-corrected chi connectivity index (χ4v) is 4.83. The topological polar surface area (TPSA) is 60.2 Å². The molecule has 4 saturated carbocycles. The third-order valence-corrected chi connectivity index (χ3v) is 5.30. The summed E-state index contributed by atoms with van der Waals surface area (Å²) in [6.07, 6.45) is 8.61. The van der Waals surface area contributed by atoms with Crippen LogP contribution in [0.3, 0.4) is 0 Å². The van der Waals surface area contributed by atoms with Gasteiger partial charge in [-0.1, -0.05) is 0 Å². The molecule has 0 spiro atoms. The van der Waals surface area contributed by atoms with Crippen LogP contribution in [-0.4, -0.2) is 11.7 Å². The summed E-state index contributed by atoms with van der Waals surface area (Å²) in [6, 6.07) is 0. The van der Waals surface area contributed by atoms with E-state index in [1.54, 1.807) is 6.92 Å². The van der Waals surface area contributed by atoms with Crippen molar-refractivity contribution in [3.05, 3.63) is 11.6 Å². The molecule has 0 radical (unpaired) electrons. The van der Waals surface area contributed by atoms with Crippen molar-refractivity contribution in [3.8, 4) is 0 Å². The van der Waals surface area contributed by atoms with E-state index in [0.717, 1.165) is 37.0 Å². The first-order chi connectivity index (χ1) is 8.48. The molecular formula is C15H21NO2. The average Bonchev–Trinajstić information content (AvgIpc) is 2.26. The molecule has 4 aliphatic rings. The number of rotatable bonds is 3. The molecule has 3 heteroatoms. The van der Waals surface area contributed by atoms with Crippen molar-refractivity contribution in [2.24, 2.45) is 28.9 Å². The lowest BCUT2D eigenvalue weighted by atomic mass is 9.48. The lowest BCUT2D eigenvalue weighted by Gasteiger charge is -2.55. The van der Waals surface area contributed by atoms with Crippen molar-refractivity contribution in [2.45, 2.75) is 45.4 Å². The molecule has 0 aromatic carbocycles. The molecule has 0 atom stereocenters. The van der Waals surface area contributed by atoms with Crippen molar-refractivity contribution < 1.29 is 9.59 Å². The number of amides is 1. The number of carbonyl (C=O) groups excluding carboxylic acids is 2. The second-order valence-electron chi connectivity index (χ2n) is 6.75. The van der Waals surface area contributed by atoms with Crippen LogP contribution in [0.25, 0.3) is 0 Å². The zero-order valence-electron chi connectivity index (χ0n) is 10.9. The van der Waals surface area contributed by atoms with Crippen LogP contribution in [0.2, 0.25) is 0 Å². The van der Waals surface area contributed by atoms with Gasteiger partial charge >= 0.3 is 0 Å². The molecule has 18 heavy (non-hydrogen) atoms. The highest BCUT2D eigenvalue weighted by atomic mass is 16.1. The minimum Gasteiger partial charge on any atom is -0.366 e. The predicted octanol–water partition coefficient (Wildman–Crippen LogP) is 2.20. The summed E-state index contributed by atoms with van der Waals surface area (Å²) < 4.78 is 0. The average molecular weight is 247 g/mol. The number of primary amides is 1. The summed E-state index contributed by atoms with van der Waals surface area (Å²) in [5.41, 5.74) is 5.47. The fraction of sp³-hybridized carbons (Fsp3) is 0.733. The van der Waals surface area contributed by atoms with E-state index < -0.39 is 5.91 Å². The van der Waals surface area contributed by atoms with Crippen molar-refractivity contribution >= 4 is 11.7 Å². The summed E-state index contributed by atoms with van der Waals surface area (Å²) in [5, 5.41) is 0. The highest BCUT2D eigenvalue weighted by Crippen LogP contribution is 2.60. The lowest BCUT2D eigenvalue weighted by Crippen LogP contribution is -2.49. The van der Waals surface area contributed by atoms with E-state index in [9.17, 15) is 9.59 Å². The van der Waals surface area contributed by atoms with Gasteiger partial charge in [-0.3, -0.25) is 9.59 Å². The van der Waals surface area contributed by atoms with Gasteiger partial charge in [0.2, 0.25) is 5.91 Å². The Kier molecular flexibility index (Phi) is 2.61. The molecule has 98 valence electrons. The number of allylic oxidation sites excluding steroid dienone is 1. The lowest BCUT2D eigenvalue weighted by molar-refractivity contribution is -0.138. The first kappa shape index (κ1) is 11.9. The normalized spacial score (nSPS) is 42.1. The van der Waals surface area contributed by atoms with Gasteiger partial charge in [0.1, 0.15) is 0 Å². The maximum Gasteiger partial charge on any atom is 0.244 e. The van der Waals surface area contributed by atoms with E-state index in [0.29, 0.717) is 5.57 Å².